The van der Waals surface area contributed by atoms with Crippen LogP contribution in [-0.4, -0.2) is 44.7 Å². The van der Waals surface area contributed by atoms with Gasteiger partial charge in [0.05, 0.1) is 7.11 Å². The third kappa shape index (κ3) is 5.06. The fourth-order valence-corrected chi connectivity index (χ4v) is 3.59. The van der Waals surface area contributed by atoms with Gasteiger partial charge in [-0.05, 0) is 30.6 Å². The molecule has 0 radical (unpaired) electrons. The lowest BCUT2D eigenvalue weighted by Gasteiger charge is -2.16. The minimum atomic E-state index is -4.02. The van der Waals surface area contributed by atoms with Gasteiger partial charge < -0.3 is 9.84 Å². The minimum Gasteiger partial charge on any atom is -0.495 e. The molecule has 0 aromatic heterocycles. The van der Waals surface area contributed by atoms with Gasteiger partial charge in [-0.1, -0.05) is 11.6 Å². The van der Waals surface area contributed by atoms with Crippen LogP contribution in [0.1, 0.15) is 6.42 Å². The summed E-state index contributed by atoms with van der Waals surface area (Å²) in [6.45, 7) is 0. The second kappa shape index (κ2) is 7.88. The number of halogens is 1. The van der Waals surface area contributed by atoms with E-state index in [0.29, 0.717) is 10.8 Å². The molecule has 9 heteroatoms. The highest BCUT2D eigenvalue weighted by molar-refractivity contribution is 7.98. The van der Waals surface area contributed by atoms with E-state index in [9.17, 15) is 13.2 Å². The molecule has 0 aliphatic carbocycles. The van der Waals surface area contributed by atoms with Gasteiger partial charge in [0.2, 0.25) is 10.0 Å². The van der Waals surface area contributed by atoms with Crippen molar-refractivity contribution in [1.29, 1.82) is 0 Å². The van der Waals surface area contributed by atoms with E-state index in [4.69, 9.17) is 21.4 Å². The largest absolute Gasteiger partial charge is 0.495 e. The van der Waals surface area contributed by atoms with Crippen LogP contribution in [0, 0.1) is 0 Å². The van der Waals surface area contributed by atoms with Crippen molar-refractivity contribution >= 4 is 39.4 Å². The standard InChI is InChI=1S/C12H16ClNO5S2/c1-19-10-7-8(13)3-4-11(10)21(17,18)14-9(12(15)16)5-6-20-2/h3-4,7,9,14H,5-6H2,1-2H3,(H,15,16)/t9-/m1/s1. The highest BCUT2D eigenvalue weighted by Gasteiger charge is 2.27. The van der Waals surface area contributed by atoms with Crippen molar-refractivity contribution in [3.63, 3.8) is 0 Å². The van der Waals surface area contributed by atoms with Gasteiger partial charge in [0.1, 0.15) is 16.7 Å². The lowest BCUT2D eigenvalue weighted by molar-refractivity contribution is -0.139. The summed E-state index contributed by atoms with van der Waals surface area (Å²) in [5.41, 5.74) is 0. The molecule has 0 spiro atoms. The van der Waals surface area contributed by atoms with E-state index < -0.39 is 22.0 Å². The first-order chi connectivity index (χ1) is 9.81. The van der Waals surface area contributed by atoms with Crippen LogP contribution in [-0.2, 0) is 14.8 Å². The first kappa shape index (κ1) is 18.1. The molecule has 21 heavy (non-hydrogen) atoms. The van der Waals surface area contributed by atoms with Crippen molar-refractivity contribution in [1.82, 2.24) is 4.72 Å². The summed E-state index contributed by atoms with van der Waals surface area (Å²) in [4.78, 5) is 11.0. The lowest BCUT2D eigenvalue weighted by Crippen LogP contribution is -2.41. The van der Waals surface area contributed by atoms with Gasteiger partial charge in [-0.25, -0.2) is 8.42 Å². The molecule has 2 N–H and O–H groups in total. The predicted molar refractivity (Wildman–Crippen MR) is 82.7 cm³/mol. The van der Waals surface area contributed by atoms with Crippen LogP contribution in [0.3, 0.4) is 0 Å². The zero-order valence-corrected chi connectivity index (χ0v) is 13.9. The van der Waals surface area contributed by atoms with E-state index in [2.05, 4.69) is 4.72 Å². The van der Waals surface area contributed by atoms with E-state index >= 15 is 0 Å². The smallest absolute Gasteiger partial charge is 0.321 e. The highest BCUT2D eigenvalue weighted by atomic mass is 35.5. The van der Waals surface area contributed by atoms with E-state index in [1.807, 2.05) is 6.26 Å². The Hall–Kier alpha value is -0.960. The Morgan fingerprint density at radius 2 is 2.19 bits per heavy atom. The van der Waals surface area contributed by atoms with Gasteiger partial charge >= 0.3 is 5.97 Å². The number of hydrogen-bond acceptors (Lipinski definition) is 5. The molecule has 1 rings (SSSR count). The molecule has 6 nitrogen and oxygen atoms in total. The zero-order valence-electron chi connectivity index (χ0n) is 11.5. The maximum absolute atomic E-state index is 12.3. The molecule has 0 bridgehead atoms. The van der Waals surface area contributed by atoms with Crippen LogP contribution in [0.4, 0.5) is 0 Å². The Balaban J connectivity index is 3.07. The third-order valence-corrected chi connectivity index (χ3v) is 5.01. The Morgan fingerprint density at radius 1 is 1.52 bits per heavy atom. The first-order valence-electron chi connectivity index (χ1n) is 5.89. The van der Waals surface area contributed by atoms with E-state index in [1.54, 1.807) is 0 Å². The molecule has 1 aromatic rings. The van der Waals surface area contributed by atoms with Crippen molar-refractivity contribution < 1.29 is 23.1 Å². The molecule has 0 aliphatic rings. The minimum absolute atomic E-state index is 0.0593. The molecule has 1 aromatic carbocycles. The maximum atomic E-state index is 12.3. The van der Waals surface area contributed by atoms with Crippen molar-refractivity contribution in [3.05, 3.63) is 23.2 Å². The summed E-state index contributed by atoms with van der Waals surface area (Å²) in [6.07, 6.45) is 2.00. The van der Waals surface area contributed by atoms with E-state index in [-0.39, 0.29) is 17.1 Å². The van der Waals surface area contributed by atoms with Gasteiger partial charge in [-0.3, -0.25) is 4.79 Å². The summed E-state index contributed by atoms with van der Waals surface area (Å²) in [6, 6.07) is 2.84. The predicted octanol–water partition coefficient (Wildman–Crippen LogP) is 1.83. The normalized spacial score (nSPS) is 12.9. The number of carbonyl (C=O) groups is 1. The Bertz CT molecular complexity index is 606. The number of ether oxygens (including phenoxy) is 1. The van der Waals surface area contributed by atoms with E-state index in [0.717, 1.165) is 0 Å². The van der Waals surface area contributed by atoms with E-state index in [1.165, 1.54) is 37.1 Å². The second-order valence-electron chi connectivity index (χ2n) is 4.09. The average Bonchev–Trinajstić information content (AvgIpc) is 2.42. The van der Waals surface area contributed by atoms with Crippen LogP contribution in [0.25, 0.3) is 0 Å². The SMILES string of the molecule is COc1cc(Cl)ccc1S(=O)(=O)N[C@H](CCSC)C(=O)O. The lowest BCUT2D eigenvalue weighted by atomic mass is 10.2. The molecule has 0 saturated heterocycles. The van der Waals surface area contributed by atoms with Gasteiger partial charge in [-0.15, -0.1) is 0 Å². The summed E-state index contributed by atoms with van der Waals surface area (Å²) < 4.78 is 31.7. The number of methoxy groups -OCH3 is 1. The van der Waals surface area contributed by atoms with Crippen molar-refractivity contribution in [3.8, 4) is 5.75 Å². The Labute approximate surface area is 132 Å². The van der Waals surface area contributed by atoms with Crippen molar-refractivity contribution in [2.75, 3.05) is 19.1 Å². The van der Waals surface area contributed by atoms with Crippen LogP contribution < -0.4 is 9.46 Å². The zero-order chi connectivity index (χ0) is 16.0. The quantitative estimate of drug-likeness (QED) is 0.740. The number of aliphatic carboxylic acids is 1. The first-order valence-corrected chi connectivity index (χ1v) is 9.15. The van der Waals surface area contributed by atoms with Crippen molar-refractivity contribution in [2.24, 2.45) is 0 Å². The van der Waals surface area contributed by atoms with Crippen molar-refractivity contribution in [2.45, 2.75) is 17.4 Å². The summed E-state index contributed by atoms with van der Waals surface area (Å²) in [5.74, 6) is -0.637. The number of thioether (sulfide) groups is 1. The molecular weight excluding hydrogens is 338 g/mol. The molecule has 0 unspecified atom stereocenters. The molecule has 0 fully saturated rings. The number of rotatable bonds is 8. The highest BCUT2D eigenvalue weighted by Crippen LogP contribution is 2.27. The molecule has 1 atom stereocenters. The topological polar surface area (TPSA) is 92.7 Å². The van der Waals surface area contributed by atoms with Gasteiger partial charge in [0.25, 0.3) is 0 Å². The Kier molecular flexibility index (Phi) is 6.79. The average molecular weight is 354 g/mol. The van der Waals surface area contributed by atoms with Gasteiger partial charge in [0.15, 0.2) is 0 Å². The van der Waals surface area contributed by atoms with Crippen LogP contribution in [0.2, 0.25) is 5.02 Å². The van der Waals surface area contributed by atoms with Gasteiger partial charge in [-0.2, -0.15) is 16.5 Å². The monoisotopic (exact) mass is 353 g/mol. The number of benzene rings is 1. The van der Waals surface area contributed by atoms with Crippen LogP contribution in [0.5, 0.6) is 5.75 Å². The molecule has 118 valence electrons. The number of sulfonamides is 1. The van der Waals surface area contributed by atoms with Gasteiger partial charge in [0, 0.05) is 11.1 Å². The Morgan fingerprint density at radius 3 is 2.71 bits per heavy atom. The molecule has 0 amide bonds. The maximum Gasteiger partial charge on any atom is 0.321 e. The second-order valence-corrected chi connectivity index (χ2v) is 7.19. The summed E-state index contributed by atoms with van der Waals surface area (Å²) >= 11 is 7.22. The fraction of sp³-hybridized carbons (Fsp3) is 0.417. The number of hydrogen-bond donors (Lipinski definition) is 2. The fourth-order valence-electron chi connectivity index (χ4n) is 1.58. The molecule has 0 heterocycles. The number of carboxylic acid groups (broad SMARTS) is 1. The van der Waals surface area contributed by atoms with Crippen LogP contribution >= 0.6 is 23.4 Å². The number of carboxylic acids is 1. The third-order valence-electron chi connectivity index (χ3n) is 2.62. The van der Waals surface area contributed by atoms with Crippen LogP contribution in [0.15, 0.2) is 23.1 Å². The number of nitrogens with one attached hydrogen (secondary N) is 1. The molecular formula is C12H16ClNO5S2. The summed E-state index contributed by atoms with van der Waals surface area (Å²) in [5, 5.41) is 9.41. The summed E-state index contributed by atoms with van der Waals surface area (Å²) in [7, 11) is -2.71. The molecule has 0 aliphatic heterocycles. The molecule has 0 saturated carbocycles.